The maximum absolute atomic E-state index is 5.26. The standard InChI is InChI=1S/C19H20N2O.ClH/c1-14(19-5-3-4-10-20-19)21-13-15-6-7-17-12-18(22-2)9-8-16(17)11-15;/h3-12,14,21H,13H2,1-2H3;1H. The molecule has 0 spiro atoms. The van der Waals surface area contributed by atoms with Crippen LogP contribution in [-0.4, -0.2) is 12.1 Å². The number of nitrogens with zero attached hydrogens (tertiary/aromatic N) is 1. The van der Waals surface area contributed by atoms with E-state index in [9.17, 15) is 0 Å². The van der Waals surface area contributed by atoms with Crippen molar-refractivity contribution in [3.05, 3.63) is 72.1 Å². The van der Waals surface area contributed by atoms with Gasteiger partial charge in [0.05, 0.1) is 12.8 Å². The molecule has 0 aliphatic rings. The molecule has 0 radical (unpaired) electrons. The first kappa shape index (κ1) is 17.3. The van der Waals surface area contributed by atoms with Crippen LogP contribution in [0.1, 0.15) is 24.2 Å². The van der Waals surface area contributed by atoms with Crippen molar-refractivity contribution in [1.29, 1.82) is 0 Å². The molecule has 23 heavy (non-hydrogen) atoms. The van der Waals surface area contributed by atoms with Gasteiger partial charge >= 0.3 is 0 Å². The maximum Gasteiger partial charge on any atom is 0.119 e. The number of pyridine rings is 1. The van der Waals surface area contributed by atoms with Crippen molar-refractivity contribution < 1.29 is 4.74 Å². The maximum atomic E-state index is 5.26. The molecule has 1 atom stereocenters. The lowest BCUT2D eigenvalue weighted by Gasteiger charge is -2.13. The molecular weight excluding hydrogens is 308 g/mol. The van der Waals surface area contributed by atoms with E-state index in [1.807, 2.05) is 30.5 Å². The SMILES string of the molecule is COc1ccc2cc(CNC(C)c3ccccn3)ccc2c1.Cl. The number of aromatic nitrogens is 1. The molecule has 3 nitrogen and oxygen atoms in total. The predicted molar refractivity (Wildman–Crippen MR) is 97.2 cm³/mol. The second-order valence-corrected chi connectivity index (χ2v) is 5.40. The topological polar surface area (TPSA) is 34.1 Å². The summed E-state index contributed by atoms with van der Waals surface area (Å²) < 4.78 is 5.26. The molecule has 0 aliphatic heterocycles. The molecule has 1 unspecified atom stereocenters. The van der Waals surface area contributed by atoms with Crippen LogP contribution in [-0.2, 0) is 6.54 Å². The molecule has 1 N–H and O–H groups in total. The number of nitrogens with one attached hydrogen (secondary N) is 1. The van der Waals surface area contributed by atoms with Gasteiger partial charge in [-0.3, -0.25) is 4.98 Å². The highest BCUT2D eigenvalue weighted by atomic mass is 35.5. The average molecular weight is 329 g/mol. The Hall–Kier alpha value is -2.10. The Labute approximate surface area is 143 Å². The highest BCUT2D eigenvalue weighted by Crippen LogP contribution is 2.22. The predicted octanol–water partition coefficient (Wildman–Crippen LogP) is 4.52. The first-order valence-electron chi connectivity index (χ1n) is 7.47. The summed E-state index contributed by atoms with van der Waals surface area (Å²) in [7, 11) is 1.69. The fraction of sp³-hybridized carbons (Fsp3) is 0.211. The normalized spacial score (nSPS) is 11.7. The summed E-state index contributed by atoms with van der Waals surface area (Å²) in [6.45, 7) is 2.95. The summed E-state index contributed by atoms with van der Waals surface area (Å²) in [4.78, 5) is 4.38. The van der Waals surface area contributed by atoms with E-state index in [0.29, 0.717) is 0 Å². The van der Waals surface area contributed by atoms with E-state index in [0.717, 1.165) is 18.0 Å². The lowest BCUT2D eigenvalue weighted by molar-refractivity contribution is 0.415. The molecule has 0 amide bonds. The molecule has 3 aromatic rings. The molecule has 2 aromatic carbocycles. The lowest BCUT2D eigenvalue weighted by Crippen LogP contribution is -2.18. The third kappa shape index (κ3) is 4.21. The third-order valence-corrected chi connectivity index (χ3v) is 3.86. The van der Waals surface area contributed by atoms with Crippen LogP contribution in [0, 0.1) is 0 Å². The smallest absolute Gasteiger partial charge is 0.119 e. The van der Waals surface area contributed by atoms with Crippen LogP contribution in [0.2, 0.25) is 0 Å². The third-order valence-electron chi connectivity index (χ3n) is 3.86. The number of hydrogen-bond acceptors (Lipinski definition) is 3. The Morgan fingerprint density at radius 3 is 2.57 bits per heavy atom. The van der Waals surface area contributed by atoms with Gasteiger partial charge in [-0.25, -0.2) is 0 Å². The van der Waals surface area contributed by atoms with E-state index in [4.69, 9.17) is 4.74 Å². The summed E-state index contributed by atoms with van der Waals surface area (Å²) in [6.07, 6.45) is 1.83. The van der Waals surface area contributed by atoms with Gasteiger partial charge in [0.25, 0.3) is 0 Å². The van der Waals surface area contributed by atoms with E-state index in [1.54, 1.807) is 7.11 Å². The fourth-order valence-corrected chi connectivity index (χ4v) is 2.52. The summed E-state index contributed by atoms with van der Waals surface area (Å²) in [5.74, 6) is 0.891. The average Bonchev–Trinajstić information content (AvgIpc) is 2.59. The Morgan fingerprint density at radius 1 is 1.04 bits per heavy atom. The van der Waals surface area contributed by atoms with Gasteiger partial charge in [-0.05, 0) is 53.6 Å². The second kappa shape index (κ2) is 7.95. The summed E-state index contributed by atoms with van der Waals surface area (Å²) in [6, 6.07) is 18.9. The van der Waals surface area contributed by atoms with E-state index in [2.05, 4.69) is 47.6 Å². The number of hydrogen-bond donors (Lipinski definition) is 1. The van der Waals surface area contributed by atoms with Crippen LogP contribution in [0.3, 0.4) is 0 Å². The number of halogens is 1. The van der Waals surface area contributed by atoms with E-state index in [-0.39, 0.29) is 18.4 Å². The molecule has 1 heterocycles. The van der Waals surface area contributed by atoms with Gasteiger partial charge in [0.1, 0.15) is 5.75 Å². The van der Waals surface area contributed by atoms with Crippen molar-refractivity contribution in [1.82, 2.24) is 10.3 Å². The minimum absolute atomic E-state index is 0. The van der Waals surface area contributed by atoms with Gasteiger partial charge in [-0.1, -0.05) is 24.3 Å². The molecule has 1 aromatic heterocycles. The van der Waals surface area contributed by atoms with Crippen LogP contribution in [0.4, 0.5) is 0 Å². The Bertz CT molecular complexity index is 762. The van der Waals surface area contributed by atoms with Crippen molar-refractivity contribution in [3.63, 3.8) is 0 Å². The molecule has 0 fully saturated rings. The quantitative estimate of drug-likeness (QED) is 0.748. The molecule has 0 aliphatic carbocycles. The minimum Gasteiger partial charge on any atom is -0.497 e. The second-order valence-electron chi connectivity index (χ2n) is 5.40. The zero-order valence-electron chi connectivity index (χ0n) is 13.3. The molecule has 0 saturated heterocycles. The van der Waals surface area contributed by atoms with Crippen molar-refractivity contribution in [2.45, 2.75) is 19.5 Å². The molecule has 4 heteroatoms. The van der Waals surface area contributed by atoms with Gasteiger partial charge in [0, 0.05) is 18.8 Å². The van der Waals surface area contributed by atoms with Crippen molar-refractivity contribution in [2.75, 3.05) is 7.11 Å². The number of methoxy groups -OCH3 is 1. The van der Waals surface area contributed by atoms with Gasteiger partial charge in [-0.2, -0.15) is 0 Å². The van der Waals surface area contributed by atoms with Crippen LogP contribution < -0.4 is 10.1 Å². The highest BCUT2D eigenvalue weighted by Gasteiger charge is 2.06. The van der Waals surface area contributed by atoms with Crippen LogP contribution in [0.5, 0.6) is 5.75 Å². The monoisotopic (exact) mass is 328 g/mol. The Balaban J connectivity index is 0.00000192. The summed E-state index contributed by atoms with van der Waals surface area (Å²) in [5.41, 5.74) is 2.33. The molecule has 0 saturated carbocycles. The molecule has 3 rings (SSSR count). The van der Waals surface area contributed by atoms with Gasteiger partial charge in [0.2, 0.25) is 0 Å². The largest absolute Gasteiger partial charge is 0.497 e. The van der Waals surface area contributed by atoms with Crippen molar-refractivity contribution in [2.24, 2.45) is 0 Å². The lowest BCUT2D eigenvalue weighted by atomic mass is 10.1. The van der Waals surface area contributed by atoms with Crippen LogP contribution >= 0.6 is 12.4 Å². The van der Waals surface area contributed by atoms with Gasteiger partial charge < -0.3 is 10.1 Å². The van der Waals surface area contributed by atoms with E-state index < -0.39 is 0 Å². The van der Waals surface area contributed by atoms with Crippen LogP contribution in [0.15, 0.2) is 60.8 Å². The number of fused-ring (bicyclic) bond motifs is 1. The number of benzene rings is 2. The number of rotatable bonds is 5. The Kier molecular flexibility index (Phi) is 5.97. The van der Waals surface area contributed by atoms with Gasteiger partial charge in [0.15, 0.2) is 0 Å². The first-order valence-corrected chi connectivity index (χ1v) is 7.47. The molecular formula is C19H21ClN2O. The van der Waals surface area contributed by atoms with Gasteiger partial charge in [-0.15, -0.1) is 12.4 Å². The van der Waals surface area contributed by atoms with Crippen LogP contribution in [0.25, 0.3) is 10.8 Å². The molecule has 0 bridgehead atoms. The Morgan fingerprint density at radius 2 is 1.83 bits per heavy atom. The highest BCUT2D eigenvalue weighted by molar-refractivity contribution is 5.85. The van der Waals surface area contributed by atoms with Crippen molar-refractivity contribution in [3.8, 4) is 5.75 Å². The summed E-state index contributed by atoms with van der Waals surface area (Å²) in [5, 5.41) is 5.94. The zero-order valence-corrected chi connectivity index (χ0v) is 14.1. The van der Waals surface area contributed by atoms with Crippen molar-refractivity contribution >= 4 is 23.2 Å². The molecule has 120 valence electrons. The fourth-order valence-electron chi connectivity index (χ4n) is 2.52. The first-order chi connectivity index (χ1) is 10.8. The van der Waals surface area contributed by atoms with E-state index in [1.165, 1.54) is 16.3 Å². The minimum atomic E-state index is 0. The van der Waals surface area contributed by atoms with E-state index >= 15 is 0 Å². The zero-order chi connectivity index (χ0) is 15.4. The summed E-state index contributed by atoms with van der Waals surface area (Å²) >= 11 is 0. The number of ether oxygens (including phenoxy) is 1.